The summed E-state index contributed by atoms with van der Waals surface area (Å²) in [4.78, 5) is 27.7. The summed E-state index contributed by atoms with van der Waals surface area (Å²) in [6.45, 7) is 9.79. The highest BCUT2D eigenvalue weighted by Gasteiger charge is 2.30. The van der Waals surface area contributed by atoms with Crippen molar-refractivity contribution in [2.45, 2.75) is 59.0 Å². The van der Waals surface area contributed by atoms with E-state index in [0.717, 1.165) is 22.5 Å². The van der Waals surface area contributed by atoms with Crippen molar-refractivity contribution in [3.8, 4) is 0 Å². The Labute approximate surface area is 224 Å². The quantitative estimate of drug-likeness (QED) is 0.446. The maximum absolute atomic E-state index is 13.6. The second kappa shape index (κ2) is 12.3. The van der Waals surface area contributed by atoms with E-state index in [1.807, 2.05) is 19.1 Å². The average molecular weight is 557 g/mol. The molecule has 10 heteroatoms. The summed E-state index contributed by atoms with van der Waals surface area (Å²) < 4.78 is 26.5. The van der Waals surface area contributed by atoms with Gasteiger partial charge in [0.2, 0.25) is 21.8 Å². The van der Waals surface area contributed by atoms with Crippen molar-refractivity contribution in [2.75, 3.05) is 23.7 Å². The normalized spacial score (nSPS) is 12.7. The summed E-state index contributed by atoms with van der Waals surface area (Å²) in [5.74, 6) is -0.851. The van der Waals surface area contributed by atoms with Gasteiger partial charge in [0.15, 0.2) is 0 Å². The average Bonchev–Trinajstić information content (AvgIpc) is 2.79. The zero-order valence-corrected chi connectivity index (χ0v) is 24.0. The Morgan fingerprint density at radius 3 is 2.14 bits per heavy atom. The summed E-state index contributed by atoms with van der Waals surface area (Å²) in [7, 11) is -3.79. The highest BCUT2D eigenvalue weighted by molar-refractivity contribution is 7.92. The first-order valence-electron chi connectivity index (χ1n) is 11.7. The zero-order valence-electron chi connectivity index (χ0n) is 21.6. The van der Waals surface area contributed by atoms with Crippen LogP contribution in [0.5, 0.6) is 0 Å². The number of halogens is 2. The molecule has 0 aliphatic heterocycles. The number of hydrogen-bond donors (Lipinski definition) is 1. The first-order valence-corrected chi connectivity index (χ1v) is 14.3. The number of amides is 2. The highest BCUT2D eigenvalue weighted by Crippen LogP contribution is 2.27. The number of carbonyl (C=O) groups is 2. The van der Waals surface area contributed by atoms with Crippen LogP contribution in [-0.4, -0.2) is 50.5 Å². The van der Waals surface area contributed by atoms with E-state index in [1.54, 1.807) is 37.3 Å². The lowest BCUT2D eigenvalue weighted by molar-refractivity contribution is -0.139. The Bertz CT molecular complexity index is 1180. The Kier molecular flexibility index (Phi) is 10.2. The molecule has 0 saturated heterocycles. The van der Waals surface area contributed by atoms with Crippen molar-refractivity contribution >= 4 is 50.7 Å². The summed E-state index contributed by atoms with van der Waals surface area (Å²) in [6, 6.07) is 11.2. The van der Waals surface area contributed by atoms with Gasteiger partial charge < -0.3 is 10.2 Å². The van der Waals surface area contributed by atoms with E-state index in [1.165, 1.54) is 4.90 Å². The largest absolute Gasteiger partial charge is 0.354 e. The van der Waals surface area contributed by atoms with Crippen LogP contribution in [0.1, 0.15) is 52.2 Å². The Hall–Kier alpha value is -2.29. The number of nitrogens with one attached hydrogen (secondary N) is 1. The van der Waals surface area contributed by atoms with E-state index in [-0.39, 0.29) is 17.9 Å². The lowest BCUT2D eigenvalue weighted by Gasteiger charge is -2.31. The molecule has 0 aliphatic carbocycles. The van der Waals surface area contributed by atoms with Crippen LogP contribution in [0.2, 0.25) is 10.0 Å². The van der Waals surface area contributed by atoms with Gasteiger partial charge in [-0.3, -0.25) is 13.9 Å². The molecule has 0 spiro atoms. The standard InChI is InChI=1S/C26H35Cl2N3O4S/c1-7-14-29-25(33)18(2)30(16-19-8-13-22(27)23(28)15-19)24(32)17-31(36(6,34)35)21-11-9-20(10-12-21)26(3,4)5/h8-13,15,18H,7,14,16-17H2,1-6H3,(H,29,33)/t18-/m1/s1. The molecule has 0 fully saturated rings. The topological polar surface area (TPSA) is 86.8 Å². The van der Waals surface area contributed by atoms with Crippen LogP contribution in [0.4, 0.5) is 5.69 Å². The molecule has 2 amide bonds. The summed E-state index contributed by atoms with van der Waals surface area (Å²) in [6.07, 6.45) is 1.80. The third-order valence-corrected chi connectivity index (χ3v) is 7.63. The van der Waals surface area contributed by atoms with E-state index in [0.29, 0.717) is 27.8 Å². The van der Waals surface area contributed by atoms with Gasteiger partial charge in [-0.1, -0.05) is 69.1 Å². The van der Waals surface area contributed by atoms with Gasteiger partial charge >= 0.3 is 0 Å². The number of nitrogens with zero attached hydrogens (tertiary/aromatic N) is 2. The second-order valence-corrected chi connectivity index (χ2v) is 12.5. The molecule has 0 bridgehead atoms. The first kappa shape index (κ1) is 29.9. The fraction of sp³-hybridized carbons (Fsp3) is 0.462. The highest BCUT2D eigenvalue weighted by atomic mass is 35.5. The fourth-order valence-electron chi connectivity index (χ4n) is 3.55. The fourth-order valence-corrected chi connectivity index (χ4v) is 4.72. The van der Waals surface area contributed by atoms with E-state index < -0.39 is 28.5 Å². The Morgan fingerprint density at radius 2 is 1.64 bits per heavy atom. The lowest BCUT2D eigenvalue weighted by atomic mass is 9.87. The molecule has 7 nitrogen and oxygen atoms in total. The van der Waals surface area contributed by atoms with Crippen molar-refractivity contribution in [3.63, 3.8) is 0 Å². The molecule has 36 heavy (non-hydrogen) atoms. The summed E-state index contributed by atoms with van der Waals surface area (Å²) >= 11 is 12.2. The molecule has 0 unspecified atom stereocenters. The molecule has 2 aromatic carbocycles. The third-order valence-electron chi connectivity index (χ3n) is 5.75. The third kappa shape index (κ3) is 8.11. The van der Waals surface area contributed by atoms with E-state index >= 15 is 0 Å². The van der Waals surface area contributed by atoms with Gasteiger partial charge in [-0.2, -0.15) is 0 Å². The van der Waals surface area contributed by atoms with Crippen LogP contribution in [0.3, 0.4) is 0 Å². The number of carbonyl (C=O) groups excluding carboxylic acids is 2. The molecule has 1 N–H and O–H groups in total. The van der Waals surface area contributed by atoms with Gasteiger partial charge in [0, 0.05) is 13.1 Å². The molecule has 2 aromatic rings. The molecule has 0 radical (unpaired) electrons. The first-order chi connectivity index (χ1) is 16.6. The molecule has 0 aromatic heterocycles. The van der Waals surface area contributed by atoms with Crippen molar-refractivity contribution < 1.29 is 18.0 Å². The maximum atomic E-state index is 13.6. The smallest absolute Gasteiger partial charge is 0.244 e. The second-order valence-electron chi connectivity index (χ2n) is 9.80. The number of benzene rings is 2. The molecular weight excluding hydrogens is 521 g/mol. The van der Waals surface area contributed by atoms with Gasteiger partial charge in [-0.15, -0.1) is 0 Å². The monoisotopic (exact) mass is 555 g/mol. The van der Waals surface area contributed by atoms with Crippen molar-refractivity contribution in [2.24, 2.45) is 0 Å². The Morgan fingerprint density at radius 1 is 1.03 bits per heavy atom. The van der Waals surface area contributed by atoms with Gasteiger partial charge in [-0.25, -0.2) is 8.42 Å². The predicted octanol–water partition coefficient (Wildman–Crippen LogP) is 5.00. The van der Waals surface area contributed by atoms with Gasteiger partial charge in [-0.05, 0) is 54.2 Å². The lowest BCUT2D eigenvalue weighted by Crippen LogP contribution is -2.51. The van der Waals surface area contributed by atoms with Crippen LogP contribution in [-0.2, 0) is 31.6 Å². The summed E-state index contributed by atoms with van der Waals surface area (Å²) in [5.41, 5.74) is 1.96. The van der Waals surface area contributed by atoms with Crippen LogP contribution < -0.4 is 9.62 Å². The van der Waals surface area contributed by atoms with Crippen molar-refractivity contribution in [1.29, 1.82) is 0 Å². The van der Waals surface area contributed by atoms with Crippen LogP contribution >= 0.6 is 23.2 Å². The van der Waals surface area contributed by atoms with E-state index in [9.17, 15) is 18.0 Å². The van der Waals surface area contributed by atoms with Crippen molar-refractivity contribution in [1.82, 2.24) is 10.2 Å². The van der Waals surface area contributed by atoms with Crippen molar-refractivity contribution in [3.05, 3.63) is 63.6 Å². The van der Waals surface area contributed by atoms with Crippen LogP contribution in [0.25, 0.3) is 0 Å². The molecule has 2 rings (SSSR count). The maximum Gasteiger partial charge on any atom is 0.244 e. The minimum Gasteiger partial charge on any atom is -0.354 e. The zero-order chi connectivity index (χ0) is 27.3. The van der Waals surface area contributed by atoms with Crippen LogP contribution in [0, 0.1) is 0 Å². The van der Waals surface area contributed by atoms with Crippen LogP contribution in [0.15, 0.2) is 42.5 Å². The molecule has 1 atom stereocenters. The molecular formula is C26H35Cl2N3O4S. The van der Waals surface area contributed by atoms with E-state index in [4.69, 9.17) is 23.2 Å². The molecule has 0 aliphatic rings. The minimum absolute atomic E-state index is 0.0526. The SMILES string of the molecule is CCCNC(=O)[C@@H](C)N(Cc1ccc(Cl)c(Cl)c1)C(=O)CN(c1ccc(C(C)(C)C)cc1)S(C)(=O)=O. The molecule has 0 saturated carbocycles. The van der Waals surface area contributed by atoms with Gasteiger partial charge in [0.05, 0.1) is 22.0 Å². The predicted molar refractivity (Wildman–Crippen MR) is 147 cm³/mol. The Balaban J connectivity index is 2.40. The molecule has 0 heterocycles. The number of anilines is 1. The minimum atomic E-state index is -3.79. The van der Waals surface area contributed by atoms with Gasteiger partial charge in [0.25, 0.3) is 0 Å². The summed E-state index contributed by atoms with van der Waals surface area (Å²) in [5, 5.41) is 3.49. The number of hydrogen-bond acceptors (Lipinski definition) is 4. The number of rotatable bonds is 10. The van der Waals surface area contributed by atoms with Gasteiger partial charge in [0.1, 0.15) is 12.6 Å². The number of sulfonamides is 1. The van der Waals surface area contributed by atoms with E-state index in [2.05, 4.69) is 26.1 Å². The molecule has 198 valence electrons.